The average molecular weight is 356 g/mol. The van der Waals surface area contributed by atoms with Crippen LogP contribution in [0.25, 0.3) is 0 Å². The molecule has 1 aromatic rings. The first-order valence-corrected chi connectivity index (χ1v) is 8.26. The third-order valence-corrected chi connectivity index (χ3v) is 4.83. The zero-order valence-corrected chi connectivity index (χ0v) is 14.8. The minimum atomic E-state index is 0.184. The molecule has 0 radical (unpaired) electrons. The molecule has 5 heteroatoms. The van der Waals surface area contributed by atoms with Crippen LogP contribution >= 0.6 is 15.9 Å². The number of halogens is 1. The van der Waals surface area contributed by atoms with Gasteiger partial charge in [-0.25, -0.2) is 0 Å². The second-order valence-corrected chi connectivity index (χ2v) is 6.91. The Balaban J connectivity index is 2.13. The van der Waals surface area contributed by atoms with Crippen molar-refractivity contribution < 1.29 is 4.74 Å². The quantitative estimate of drug-likeness (QED) is 0.850. The zero-order chi connectivity index (χ0) is 15.4. The normalized spacial score (nSPS) is 21.0. The van der Waals surface area contributed by atoms with E-state index < -0.39 is 0 Å². The van der Waals surface area contributed by atoms with Crippen molar-refractivity contribution in [3.05, 3.63) is 28.2 Å². The first-order chi connectivity index (χ1) is 10.0. The second-order valence-electron chi connectivity index (χ2n) is 5.99. The van der Waals surface area contributed by atoms with Crippen LogP contribution in [0, 0.1) is 5.92 Å². The number of likely N-dealkylation sites (N-methyl/N-ethyl adjacent to an activating group) is 1. The summed E-state index contributed by atoms with van der Waals surface area (Å²) in [6, 6.07) is 6.30. The predicted molar refractivity (Wildman–Crippen MR) is 90.7 cm³/mol. The highest BCUT2D eigenvalue weighted by atomic mass is 79.9. The summed E-state index contributed by atoms with van der Waals surface area (Å²) in [4.78, 5) is 4.77. The molecule has 2 rings (SSSR count). The molecule has 1 heterocycles. The molecule has 1 aliphatic heterocycles. The average Bonchev–Trinajstić information content (AvgIpc) is 2.85. The molecule has 0 saturated carbocycles. The Bertz CT molecular complexity index is 469. The van der Waals surface area contributed by atoms with Gasteiger partial charge in [-0.2, -0.15) is 0 Å². The van der Waals surface area contributed by atoms with E-state index in [1.807, 2.05) is 12.1 Å². The van der Waals surface area contributed by atoms with Gasteiger partial charge in [0.25, 0.3) is 0 Å². The monoisotopic (exact) mass is 355 g/mol. The van der Waals surface area contributed by atoms with E-state index in [-0.39, 0.29) is 6.04 Å². The number of nitrogens with two attached hydrogens (primary N) is 1. The van der Waals surface area contributed by atoms with Crippen LogP contribution in [-0.4, -0.2) is 57.2 Å². The topological polar surface area (TPSA) is 41.7 Å². The molecule has 4 nitrogen and oxygen atoms in total. The maximum atomic E-state index is 6.06. The number of rotatable bonds is 6. The molecular formula is C16H26BrN3O. The van der Waals surface area contributed by atoms with Crippen LogP contribution < -0.4 is 10.5 Å². The summed E-state index contributed by atoms with van der Waals surface area (Å²) in [5, 5.41) is 0. The Labute approximate surface area is 136 Å². The van der Waals surface area contributed by atoms with Crippen molar-refractivity contribution in [3.63, 3.8) is 0 Å². The van der Waals surface area contributed by atoms with Gasteiger partial charge in [0.15, 0.2) is 0 Å². The van der Waals surface area contributed by atoms with Gasteiger partial charge in [-0.1, -0.05) is 15.9 Å². The number of ether oxygens (including phenoxy) is 1. The molecule has 1 aromatic carbocycles. The lowest BCUT2D eigenvalue weighted by molar-refractivity contribution is 0.208. The van der Waals surface area contributed by atoms with E-state index in [2.05, 4.69) is 45.9 Å². The van der Waals surface area contributed by atoms with Gasteiger partial charge < -0.3 is 15.4 Å². The molecule has 2 N–H and O–H groups in total. The van der Waals surface area contributed by atoms with Gasteiger partial charge in [0, 0.05) is 29.7 Å². The Morgan fingerprint density at radius 3 is 2.86 bits per heavy atom. The van der Waals surface area contributed by atoms with Crippen molar-refractivity contribution in [2.45, 2.75) is 12.5 Å². The van der Waals surface area contributed by atoms with Gasteiger partial charge >= 0.3 is 0 Å². The maximum Gasteiger partial charge on any atom is 0.123 e. The summed E-state index contributed by atoms with van der Waals surface area (Å²) in [5.41, 5.74) is 7.21. The lowest BCUT2D eigenvalue weighted by Crippen LogP contribution is -2.35. The van der Waals surface area contributed by atoms with Crippen molar-refractivity contribution in [1.29, 1.82) is 0 Å². The highest BCUT2D eigenvalue weighted by Crippen LogP contribution is 2.31. The summed E-state index contributed by atoms with van der Waals surface area (Å²) in [5.74, 6) is 1.64. The van der Waals surface area contributed by atoms with Gasteiger partial charge in [-0.3, -0.25) is 4.90 Å². The standard InChI is InChI=1S/C16H26BrN3O/c1-19-7-6-12(10-19)11-20(2)15(9-18)14-8-13(17)4-5-16(14)21-3/h4-5,8,12,15H,6-7,9-11,18H2,1-3H3. The first kappa shape index (κ1) is 16.7. The van der Waals surface area contributed by atoms with Crippen LogP contribution in [0.1, 0.15) is 18.0 Å². The van der Waals surface area contributed by atoms with Gasteiger partial charge in [0.2, 0.25) is 0 Å². The molecule has 0 aromatic heterocycles. The van der Waals surface area contributed by atoms with Gasteiger partial charge in [0.1, 0.15) is 5.75 Å². The summed E-state index contributed by atoms with van der Waals surface area (Å²) in [6.07, 6.45) is 1.27. The Morgan fingerprint density at radius 2 is 2.29 bits per heavy atom. The Kier molecular flexibility index (Phi) is 6.05. The fraction of sp³-hybridized carbons (Fsp3) is 0.625. The van der Waals surface area contributed by atoms with Crippen LogP contribution in [0.4, 0.5) is 0 Å². The predicted octanol–water partition coefficient (Wildman–Crippen LogP) is 2.34. The molecular weight excluding hydrogens is 330 g/mol. The number of methoxy groups -OCH3 is 1. The fourth-order valence-electron chi connectivity index (χ4n) is 3.22. The number of hydrogen-bond donors (Lipinski definition) is 1. The van der Waals surface area contributed by atoms with Crippen LogP contribution in [0.15, 0.2) is 22.7 Å². The van der Waals surface area contributed by atoms with Gasteiger partial charge in [-0.05, 0) is 51.2 Å². The molecule has 0 aliphatic carbocycles. The molecule has 2 unspecified atom stereocenters. The molecule has 0 bridgehead atoms. The van der Waals surface area contributed by atoms with E-state index in [4.69, 9.17) is 10.5 Å². The number of likely N-dealkylation sites (tertiary alicyclic amines) is 1. The van der Waals surface area contributed by atoms with Crippen molar-refractivity contribution in [3.8, 4) is 5.75 Å². The van der Waals surface area contributed by atoms with Crippen LogP contribution in [0.2, 0.25) is 0 Å². The van der Waals surface area contributed by atoms with Crippen molar-refractivity contribution >= 4 is 15.9 Å². The lowest BCUT2D eigenvalue weighted by atomic mass is 10.0. The van der Waals surface area contributed by atoms with Crippen LogP contribution in [0.5, 0.6) is 5.75 Å². The minimum absolute atomic E-state index is 0.184. The van der Waals surface area contributed by atoms with E-state index in [1.165, 1.54) is 19.5 Å². The highest BCUT2D eigenvalue weighted by Gasteiger charge is 2.25. The van der Waals surface area contributed by atoms with Crippen molar-refractivity contribution in [2.24, 2.45) is 11.7 Å². The Hall–Kier alpha value is -0.620. The molecule has 1 saturated heterocycles. The van der Waals surface area contributed by atoms with Crippen molar-refractivity contribution in [2.75, 3.05) is 47.4 Å². The zero-order valence-electron chi connectivity index (χ0n) is 13.2. The third kappa shape index (κ3) is 4.19. The smallest absolute Gasteiger partial charge is 0.123 e. The molecule has 1 aliphatic rings. The summed E-state index contributed by atoms with van der Waals surface area (Å²) < 4.78 is 6.57. The molecule has 0 spiro atoms. The highest BCUT2D eigenvalue weighted by molar-refractivity contribution is 9.10. The maximum absolute atomic E-state index is 6.06. The summed E-state index contributed by atoms with van der Waals surface area (Å²) >= 11 is 3.55. The van der Waals surface area contributed by atoms with Crippen molar-refractivity contribution in [1.82, 2.24) is 9.80 Å². The number of hydrogen-bond acceptors (Lipinski definition) is 4. The Morgan fingerprint density at radius 1 is 1.52 bits per heavy atom. The lowest BCUT2D eigenvalue weighted by Gasteiger charge is -2.30. The largest absolute Gasteiger partial charge is 0.496 e. The van der Waals surface area contributed by atoms with E-state index in [0.29, 0.717) is 6.54 Å². The van der Waals surface area contributed by atoms with Crippen LogP contribution in [0.3, 0.4) is 0 Å². The first-order valence-electron chi connectivity index (χ1n) is 7.47. The summed E-state index contributed by atoms with van der Waals surface area (Å²) in [6.45, 7) is 4.04. The fourth-order valence-corrected chi connectivity index (χ4v) is 3.60. The minimum Gasteiger partial charge on any atom is -0.496 e. The molecule has 1 fully saturated rings. The molecule has 118 valence electrons. The van der Waals surface area contributed by atoms with Crippen LogP contribution in [-0.2, 0) is 0 Å². The number of nitrogens with zero attached hydrogens (tertiary/aromatic N) is 2. The van der Waals surface area contributed by atoms with E-state index in [1.54, 1.807) is 7.11 Å². The molecule has 2 atom stereocenters. The third-order valence-electron chi connectivity index (χ3n) is 4.34. The second kappa shape index (κ2) is 7.58. The molecule has 0 amide bonds. The van der Waals surface area contributed by atoms with E-state index in [9.17, 15) is 0 Å². The van der Waals surface area contributed by atoms with Gasteiger partial charge in [0.05, 0.1) is 13.2 Å². The van der Waals surface area contributed by atoms with Gasteiger partial charge in [-0.15, -0.1) is 0 Å². The van der Waals surface area contributed by atoms with E-state index in [0.717, 1.165) is 28.2 Å². The molecule has 21 heavy (non-hydrogen) atoms. The summed E-state index contributed by atoms with van der Waals surface area (Å²) in [7, 11) is 6.07. The number of benzene rings is 1. The van der Waals surface area contributed by atoms with E-state index >= 15 is 0 Å². The SMILES string of the molecule is COc1ccc(Br)cc1C(CN)N(C)CC1CCN(C)C1.